The van der Waals surface area contributed by atoms with Gasteiger partial charge in [-0.05, 0) is 59.1 Å². The highest BCUT2D eigenvalue weighted by Crippen LogP contribution is 2.33. The SMILES string of the molecule is CC(N)Cc1ccccc1Oc1ccc(Cl)cc1Br. The monoisotopic (exact) mass is 339 g/mol. The standard InChI is InChI=1S/C15H15BrClNO/c1-10(18)8-11-4-2-3-5-14(11)19-15-7-6-12(17)9-13(15)16/h2-7,9-10H,8,18H2,1H3. The van der Waals surface area contributed by atoms with E-state index >= 15 is 0 Å². The van der Waals surface area contributed by atoms with E-state index in [1.165, 1.54) is 0 Å². The maximum absolute atomic E-state index is 5.94. The number of rotatable bonds is 4. The van der Waals surface area contributed by atoms with E-state index in [-0.39, 0.29) is 6.04 Å². The van der Waals surface area contributed by atoms with E-state index in [4.69, 9.17) is 22.1 Å². The van der Waals surface area contributed by atoms with Crippen LogP contribution in [0.5, 0.6) is 11.5 Å². The molecule has 2 nitrogen and oxygen atoms in total. The summed E-state index contributed by atoms with van der Waals surface area (Å²) in [7, 11) is 0. The van der Waals surface area contributed by atoms with Crippen molar-refractivity contribution in [1.29, 1.82) is 0 Å². The van der Waals surface area contributed by atoms with Gasteiger partial charge in [0.25, 0.3) is 0 Å². The summed E-state index contributed by atoms with van der Waals surface area (Å²) in [5.74, 6) is 1.56. The third-order valence-corrected chi connectivity index (χ3v) is 3.48. The summed E-state index contributed by atoms with van der Waals surface area (Å²) in [4.78, 5) is 0. The molecule has 0 aromatic heterocycles. The molecule has 0 heterocycles. The number of para-hydroxylation sites is 1. The first kappa shape index (κ1) is 14.4. The van der Waals surface area contributed by atoms with Crippen LogP contribution in [0, 0.1) is 0 Å². The molecular formula is C15H15BrClNO. The zero-order chi connectivity index (χ0) is 13.8. The highest BCUT2D eigenvalue weighted by atomic mass is 79.9. The van der Waals surface area contributed by atoms with E-state index < -0.39 is 0 Å². The molecule has 1 atom stereocenters. The second-order valence-electron chi connectivity index (χ2n) is 4.47. The van der Waals surface area contributed by atoms with E-state index in [0.717, 1.165) is 28.0 Å². The lowest BCUT2D eigenvalue weighted by atomic mass is 10.1. The van der Waals surface area contributed by atoms with Gasteiger partial charge in [-0.25, -0.2) is 0 Å². The summed E-state index contributed by atoms with van der Waals surface area (Å²) in [6.07, 6.45) is 0.779. The Morgan fingerprint density at radius 3 is 2.63 bits per heavy atom. The van der Waals surface area contributed by atoms with Crippen LogP contribution >= 0.6 is 27.5 Å². The molecule has 1 unspecified atom stereocenters. The molecule has 0 aliphatic rings. The van der Waals surface area contributed by atoms with Crippen molar-refractivity contribution in [3.05, 3.63) is 57.5 Å². The first-order valence-electron chi connectivity index (χ1n) is 6.02. The Bertz CT molecular complexity index is 572. The van der Waals surface area contributed by atoms with E-state index in [9.17, 15) is 0 Å². The molecule has 0 amide bonds. The molecule has 19 heavy (non-hydrogen) atoms. The molecule has 0 fully saturated rings. The lowest BCUT2D eigenvalue weighted by Gasteiger charge is -2.13. The molecule has 4 heteroatoms. The van der Waals surface area contributed by atoms with E-state index in [1.807, 2.05) is 43.3 Å². The molecule has 0 aliphatic heterocycles. The number of benzene rings is 2. The summed E-state index contributed by atoms with van der Waals surface area (Å²) in [5, 5.41) is 0.670. The van der Waals surface area contributed by atoms with Crippen LogP contribution in [0.1, 0.15) is 12.5 Å². The zero-order valence-electron chi connectivity index (χ0n) is 10.6. The van der Waals surface area contributed by atoms with E-state index in [2.05, 4.69) is 15.9 Å². The quantitative estimate of drug-likeness (QED) is 0.869. The highest BCUT2D eigenvalue weighted by molar-refractivity contribution is 9.10. The van der Waals surface area contributed by atoms with Gasteiger partial charge in [0.15, 0.2) is 0 Å². The number of hydrogen-bond donors (Lipinski definition) is 1. The minimum absolute atomic E-state index is 0.0957. The van der Waals surface area contributed by atoms with Crippen LogP contribution in [0.2, 0.25) is 5.02 Å². The van der Waals surface area contributed by atoms with Crippen LogP contribution < -0.4 is 10.5 Å². The van der Waals surface area contributed by atoms with Gasteiger partial charge in [0.05, 0.1) is 4.47 Å². The summed E-state index contributed by atoms with van der Waals surface area (Å²) in [6.45, 7) is 1.98. The Labute approximate surface area is 126 Å². The average molecular weight is 341 g/mol. The molecule has 2 aromatic rings. The molecule has 0 bridgehead atoms. The Balaban J connectivity index is 2.27. The fourth-order valence-corrected chi connectivity index (χ4v) is 2.56. The maximum Gasteiger partial charge on any atom is 0.141 e. The van der Waals surface area contributed by atoms with Crippen LogP contribution in [0.15, 0.2) is 46.9 Å². The number of ether oxygens (including phenoxy) is 1. The van der Waals surface area contributed by atoms with Gasteiger partial charge < -0.3 is 10.5 Å². The molecule has 0 spiro atoms. The van der Waals surface area contributed by atoms with Crippen molar-refractivity contribution < 1.29 is 4.74 Å². The summed E-state index contributed by atoms with van der Waals surface area (Å²) >= 11 is 9.36. The number of hydrogen-bond acceptors (Lipinski definition) is 2. The van der Waals surface area contributed by atoms with Crippen molar-refractivity contribution in [2.24, 2.45) is 5.73 Å². The molecule has 0 aliphatic carbocycles. The van der Waals surface area contributed by atoms with Gasteiger partial charge >= 0.3 is 0 Å². The van der Waals surface area contributed by atoms with Crippen molar-refractivity contribution in [3.8, 4) is 11.5 Å². The minimum Gasteiger partial charge on any atom is -0.456 e. The molecule has 0 radical (unpaired) electrons. The highest BCUT2D eigenvalue weighted by Gasteiger charge is 2.08. The molecular weight excluding hydrogens is 326 g/mol. The molecule has 2 N–H and O–H groups in total. The summed E-state index contributed by atoms with van der Waals surface area (Å²) in [5.41, 5.74) is 6.95. The third kappa shape index (κ3) is 3.96. The zero-order valence-corrected chi connectivity index (χ0v) is 12.9. The van der Waals surface area contributed by atoms with Crippen molar-refractivity contribution in [1.82, 2.24) is 0 Å². The second-order valence-corrected chi connectivity index (χ2v) is 5.76. The predicted octanol–water partition coefficient (Wildman–Crippen LogP) is 4.78. The first-order chi connectivity index (χ1) is 9.06. The minimum atomic E-state index is 0.0957. The molecule has 100 valence electrons. The van der Waals surface area contributed by atoms with E-state index in [0.29, 0.717) is 5.02 Å². The first-order valence-corrected chi connectivity index (χ1v) is 7.20. The topological polar surface area (TPSA) is 35.2 Å². The maximum atomic E-state index is 5.94. The second kappa shape index (κ2) is 6.42. The van der Waals surface area contributed by atoms with Crippen molar-refractivity contribution in [3.63, 3.8) is 0 Å². The smallest absolute Gasteiger partial charge is 0.141 e. The summed E-state index contributed by atoms with van der Waals surface area (Å²) in [6, 6.07) is 13.5. The molecule has 2 rings (SSSR count). The van der Waals surface area contributed by atoms with Crippen molar-refractivity contribution in [2.45, 2.75) is 19.4 Å². The van der Waals surface area contributed by atoms with Crippen LogP contribution in [0.4, 0.5) is 0 Å². The van der Waals surface area contributed by atoms with Gasteiger partial charge in [-0.1, -0.05) is 29.8 Å². The Kier molecular flexibility index (Phi) is 4.86. The fraction of sp³-hybridized carbons (Fsp3) is 0.200. The lowest BCUT2D eigenvalue weighted by molar-refractivity contribution is 0.471. The van der Waals surface area contributed by atoms with Gasteiger partial charge in [-0.2, -0.15) is 0 Å². The normalized spacial score (nSPS) is 12.2. The van der Waals surface area contributed by atoms with Crippen LogP contribution in [0.25, 0.3) is 0 Å². The van der Waals surface area contributed by atoms with Crippen molar-refractivity contribution >= 4 is 27.5 Å². The van der Waals surface area contributed by atoms with Crippen LogP contribution in [-0.2, 0) is 6.42 Å². The molecule has 2 aromatic carbocycles. The van der Waals surface area contributed by atoms with Gasteiger partial charge in [0, 0.05) is 11.1 Å². The average Bonchev–Trinajstić information content (AvgIpc) is 2.34. The summed E-state index contributed by atoms with van der Waals surface area (Å²) < 4.78 is 6.76. The lowest BCUT2D eigenvalue weighted by Crippen LogP contribution is -2.18. The number of halogens is 2. The molecule has 0 saturated heterocycles. The largest absolute Gasteiger partial charge is 0.456 e. The van der Waals surface area contributed by atoms with E-state index in [1.54, 1.807) is 6.07 Å². The van der Waals surface area contributed by atoms with Gasteiger partial charge in [-0.3, -0.25) is 0 Å². The Morgan fingerprint density at radius 1 is 1.21 bits per heavy atom. The Morgan fingerprint density at radius 2 is 1.95 bits per heavy atom. The molecule has 0 saturated carbocycles. The third-order valence-electron chi connectivity index (χ3n) is 2.63. The Hall–Kier alpha value is -1.03. The van der Waals surface area contributed by atoms with Crippen LogP contribution in [0.3, 0.4) is 0 Å². The van der Waals surface area contributed by atoms with Gasteiger partial charge in [0.1, 0.15) is 11.5 Å². The van der Waals surface area contributed by atoms with Crippen molar-refractivity contribution in [2.75, 3.05) is 0 Å². The van der Waals surface area contributed by atoms with Gasteiger partial charge in [0.2, 0.25) is 0 Å². The predicted molar refractivity (Wildman–Crippen MR) is 83.0 cm³/mol. The van der Waals surface area contributed by atoms with Crippen LogP contribution in [-0.4, -0.2) is 6.04 Å². The number of nitrogens with two attached hydrogens (primary N) is 1. The fourth-order valence-electron chi connectivity index (χ4n) is 1.80. The van der Waals surface area contributed by atoms with Gasteiger partial charge in [-0.15, -0.1) is 0 Å².